The van der Waals surface area contributed by atoms with Crippen LogP contribution in [0.2, 0.25) is 0 Å². The molecule has 45 heavy (non-hydrogen) atoms. The number of aryl methyl sites for hydroxylation is 1. The van der Waals surface area contributed by atoms with Crippen molar-refractivity contribution in [3.8, 4) is 0 Å². The summed E-state index contributed by atoms with van der Waals surface area (Å²) < 4.78 is 12.1. The Bertz CT molecular complexity index is 1460. The lowest BCUT2D eigenvalue weighted by Gasteiger charge is -2.39. The van der Waals surface area contributed by atoms with Crippen molar-refractivity contribution in [2.75, 3.05) is 52.2 Å². The number of fused-ring (bicyclic) bond motifs is 1. The maximum absolute atomic E-state index is 13.7. The van der Waals surface area contributed by atoms with Gasteiger partial charge in [0.25, 0.3) is 0 Å². The van der Waals surface area contributed by atoms with E-state index in [-0.39, 0.29) is 24.8 Å². The van der Waals surface area contributed by atoms with E-state index in [1.54, 1.807) is 4.90 Å². The van der Waals surface area contributed by atoms with Crippen molar-refractivity contribution in [1.82, 2.24) is 19.3 Å². The van der Waals surface area contributed by atoms with Gasteiger partial charge < -0.3 is 24.2 Å². The lowest BCUT2D eigenvalue weighted by molar-refractivity contribution is 0.0240. The highest BCUT2D eigenvalue weighted by Crippen LogP contribution is 2.36. The Labute approximate surface area is 267 Å². The van der Waals surface area contributed by atoms with Crippen molar-refractivity contribution in [3.05, 3.63) is 89.1 Å². The highest BCUT2D eigenvalue weighted by atomic mass is 16.6. The Morgan fingerprint density at radius 3 is 2.16 bits per heavy atom. The van der Waals surface area contributed by atoms with Gasteiger partial charge in [0.2, 0.25) is 0 Å². The molecule has 0 radical (unpaired) electrons. The van der Waals surface area contributed by atoms with Gasteiger partial charge in [0, 0.05) is 56.8 Å². The summed E-state index contributed by atoms with van der Waals surface area (Å²) in [7, 11) is 6.54. The van der Waals surface area contributed by atoms with Gasteiger partial charge in [-0.3, -0.25) is 4.48 Å². The Hall–Kier alpha value is -4.11. The number of piperazine rings is 1. The molecule has 5 rings (SSSR count). The highest BCUT2D eigenvalue weighted by molar-refractivity contribution is 5.70. The Kier molecular flexibility index (Phi) is 9.68. The third-order valence-electron chi connectivity index (χ3n) is 8.38. The molecule has 2 amide bonds. The number of benzene rings is 2. The monoisotopic (exact) mass is 614 g/mol. The first-order valence-electron chi connectivity index (χ1n) is 16.0. The standard InChI is InChI=1S/C36H48N5O4/c1-36(2,3)45-34(42)39-21-19-38(20-22-39)33-24-32(41(4,5)6)30-23-29(17-18-31(30)37-33)40(25-27-13-9-7-10-14-27)35(43)44-26-28-15-11-8-12-16-28/h7-16,24,29H,17-23,25-26H2,1-6H3/q+1/t29-/m0/s1. The molecule has 9 heteroatoms. The number of hydrogen-bond acceptors (Lipinski definition) is 6. The number of carbonyl (C=O) groups is 2. The summed E-state index contributed by atoms with van der Waals surface area (Å²) in [6, 6.07) is 22.1. The third-order valence-corrected chi connectivity index (χ3v) is 8.38. The largest absolute Gasteiger partial charge is 0.445 e. The SMILES string of the molecule is CC(C)(C)OC(=O)N1CCN(c2cc([N+](C)(C)C)c3c(n2)CC[C@H](N(Cc2ccccc2)C(=O)OCc2ccccc2)C3)CC1. The molecule has 240 valence electrons. The molecular weight excluding hydrogens is 566 g/mol. The lowest BCUT2D eigenvalue weighted by atomic mass is 9.88. The van der Waals surface area contributed by atoms with Crippen LogP contribution in [0.15, 0.2) is 66.7 Å². The van der Waals surface area contributed by atoms with Crippen LogP contribution in [0.25, 0.3) is 0 Å². The van der Waals surface area contributed by atoms with Gasteiger partial charge in [-0.25, -0.2) is 14.6 Å². The van der Waals surface area contributed by atoms with E-state index in [1.807, 2.05) is 74.2 Å². The maximum Gasteiger partial charge on any atom is 0.410 e. The molecule has 0 N–H and O–H groups in total. The number of nitrogens with zero attached hydrogens (tertiary/aromatic N) is 5. The molecule has 0 saturated carbocycles. The molecule has 1 aliphatic carbocycles. The van der Waals surface area contributed by atoms with E-state index in [1.165, 1.54) is 11.3 Å². The first kappa shape index (κ1) is 32.3. The summed E-state index contributed by atoms with van der Waals surface area (Å²) in [6.45, 7) is 8.98. The minimum atomic E-state index is -0.513. The van der Waals surface area contributed by atoms with Gasteiger partial charge in [-0.15, -0.1) is 0 Å². The second-order valence-electron chi connectivity index (χ2n) is 13.9. The van der Waals surface area contributed by atoms with Crippen molar-refractivity contribution in [2.24, 2.45) is 0 Å². The van der Waals surface area contributed by atoms with Crippen molar-refractivity contribution < 1.29 is 19.1 Å². The normalized spacial score (nSPS) is 17.0. The van der Waals surface area contributed by atoms with Crippen LogP contribution in [0.1, 0.15) is 49.6 Å². The number of rotatable bonds is 7. The van der Waals surface area contributed by atoms with E-state index in [2.05, 4.69) is 44.2 Å². The Morgan fingerprint density at radius 2 is 1.56 bits per heavy atom. The molecule has 0 spiro atoms. The zero-order chi connectivity index (χ0) is 32.2. The van der Waals surface area contributed by atoms with E-state index in [9.17, 15) is 9.59 Å². The second kappa shape index (κ2) is 13.5. The van der Waals surface area contributed by atoms with Gasteiger partial charge >= 0.3 is 12.2 Å². The molecule has 3 aromatic rings. The van der Waals surface area contributed by atoms with Crippen LogP contribution in [0.5, 0.6) is 0 Å². The predicted molar refractivity (Wildman–Crippen MR) is 178 cm³/mol. The van der Waals surface area contributed by atoms with E-state index in [0.29, 0.717) is 43.6 Å². The molecule has 2 aliphatic rings. The smallest absolute Gasteiger partial charge is 0.410 e. The summed E-state index contributed by atoms with van der Waals surface area (Å²) in [4.78, 5) is 37.4. The molecule has 1 fully saturated rings. The first-order chi connectivity index (χ1) is 21.4. The van der Waals surface area contributed by atoms with E-state index in [4.69, 9.17) is 14.5 Å². The zero-order valence-corrected chi connectivity index (χ0v) is 27.7. The van der Waals surface area contributed by atoms with Gasteiger partial charge in [0.15, 0.2) is 0 Å². The third kappa shape index (κ3) is 8.34. The number of amides is 2. The summed E-state index contributed by atoms with van der Waals surface area (Å²) in [5.41, 5.74) is 5.04. The van der Waals surface area contributed by atoms with Gasteiger partial charge in [-0.05, 0) is 44.7 Å². The van der Waals surface area contributed by atoms with Gasteiger partial charge in [-0.1, -0.05) is 60.7 Å². The van der Waals surface area contributed by atoms with E-state index < -0.39 is 5.60 Å². The molecule has 1 aromatic heterocycles. The minimum Gasteiger partial charge on any atom is -0.445 e. The van der Waals surface area contributed by atoms with Crippen LogP contribution in [0.3, 0.4) is 0 Å². The number of ether oxygens (including phenoxy) is 2. The summed E-state index contributed by atoms with van der Waals surface area (Å²) in [5.74, 6) is 0.947. The fourth-order valence-corrected chi connectivity index (χ4v) is 6.06. The van der Waals surface area contributed by atoms with Gasteiger partial charge in [0.05, 0.1) is 26.8 Å². The van der Waals surface area contributed by atoms with Crippen molar-refractivity contribution in [3.63, 3.8) is 0 Å². The summed E-state index contributed by atoms with van der Waals surface area (Å²) in [5, 5.41) is 0. The van der Waals surface area contributed by atoms with Crippen LogP contribution in [-0.2, 0) is 35.5 Å². The topological polar surface area (TPSA) is 75.2 Å². The zero-order valence-electron chi connectivity index (χ0n) is 27.7. The van der Waals surface area contributed by atoms with Crippen LogP contribution < -0.4 is 9.38 Å². The van der Waals surface area contributed by atoms with Crippen molar-refractivity contribution in [1.29, 1.82) is 0 Å². The van der Waals surface area contributed by atoms with Crippen LogP contribution in [-0.4, -0.2) is 85.9 Å². The summed E-state index contributed by atoms with van der Waals surface area (Å²) >= 11 is 0. The molecule has 2 heterocycles. The number of pyridine rings is 1. The van der Waals surface area contributed by atoms with Gasteiger partial charge in [-0.2, -0.15) is 0 Å². The van der Waals surface area contributed by atoms with Crippen LogP contribution in [0.4, 0.5) is 21.1 Å². The maximum atomic E-state index is 13.7. The van der Waals surface area contributed by atoms with Crippen molar-refractivity contribution in [2.45, 2.75) is 64.8 Å². The van der Waals surface area contributed by atoms with Gasteiger partial charge in [0.1, 0.15) is 23.7 Å². The number of quaternary nitrogens is 1. The predicted octanol–water partition coefficient (Wildman–Crippen LogP) is 6.03. The minimum absolute atomic E-state index is 0.0173. The number of hydrogen-bond donors (Lipinski definition) is 0. The number of carbonyl (C=O) groups excluding carboxylic acids is 2. The lowest BCUT2D eigenvalue weighted by Crippen LogP contribution is -2.50. The Morgan fingerprint density at radius 1 is 0.933 bits per heavy atom. The number of aromatic nitrogens is 1. The first-order valence-corrected chi connectivity index (χ1v) is 16.0. The average Bonchev–Trinajstić information content (AvgIpc) is 3.01. The average molecular weight is 615 g/mol. The molecule has 2 aromatic carbocycles. The molecule has 0 unspecified atom stereocenters. The van der Waals surface area contributed by atoms with E-state index >= 15 is 0 Å². The molecule has 1 aliphatic heterocycles. The fraction of sp³-hybridized carbons (Fsp3) is 0.472. The number of anilines is 1. The molecular formula is C36H48N5O4+. The summed E-state index contributed by atoms with van der Waals surface area (Å²) in [6.07, 6.45) is 1.74. The van der Waals surface area contributed by atoms with E-state index in [0.717, 1.165) is 35.5 Å². The quantitative estimate of drug-likeness (QED) is 0.303. The fourth-order valence-electron chi connectivity index (χ4n) is 6.06. The Balaban J connectivity index is 1.36. The second-order valence-corrected chi connectivity index (χ2v) is 13.9. The molecule has 9 nitrogen and oxygen atoms in total. The highest BCUT2D eigenvalue weighted by Gasteiger charge is 2.35. The molecule has 1 saturated heterocycles. The molecule has 1 atom stereocenters. The molecule has 0 bridgehead atoms. The van der Waals surface area contributed by atoms with Crippen LogP contribution in [0, 0.1) is 0 Å². The van der Waals surface area contributed by atoms with Crippen molar-refractivity contribution >= 4 is 23.7 Å². The van der Waals surface area contributed by atoms with Crippen LogP contribution >= 0.6 is 0 Å².